The molecule has 3 aromatic carbocycles. The van der Waals surface area contributed by atoms with Crippen LogP contribution in [-0.4, -0.2) is 38.3 Å². The number of nitrogens with zero attached hydrogens (tertiary/aromatic N) is 2. The van der Waals surface area contributed by atoms with E-state index in [0.29, 0.717) is 11.8 Å². The minimum atomic E-state index is 0.0426. The first-order valence-corrected chi connectivity index (χ1v) is 10.6. The Morgan fingerprint density at radius 3 is 2.50 bits per heavy atom. The lowest BCUT2D eigenvalue weighted by Gasteiger charge is -2.41. The molecule has 0 bridgehead atoms. The largest absolute Gasteiger partial charge is 0.493 e. The normalized spacial score (nSPS) is 18.5. The first-order chi connectivity index (χ1) is 14.7. The quantitative estimate of drug-likeness (QED) is 0.586. The molecule has 0 radical (unpaired) electrons. The van der Waals surface area contributed by atoms with Gasteiger partial charge in [-0.25, -0.2) is 0 Å². The van der Waals surface area contributed by atoms with Gasteiger partial charge >= 0.3 is 0 Å². The average molecular weight is 402 g/mol. The van der Waals surface area contributed by atoms with Crippen molar-refractivity contribution in [1.29, 1.82) is 5.26 Å². The lowest BCUT2D eigenvalue weighted by atomic mass is 9.82. The van der Waals surface area contributed by atoms with E-state index in [2.05, 4.69) is 35.2 Å². The summed E-state index contributed by atoms with van der Waals surface area (Å²) in [5, 5.41) is 13.7. The Bertz CT molecular complexity index is 1160. The van der Waals surface area contributed by atoms with E-state index in [1.807, 2.05) is 6.07 Å². The van der Waals surface area contributed by atoms with Gasteiger partial charge in [-0.1, -0.05) is 12.5 Å². The molecule has 2 aliphatic rings. The summed E-state index contributed by atoms with van der Waals surface area (Å²) < 4.78 is 16.9. The first kappa shape index (κ1) is 19.0. The molecule has 1 fully saturated rings. The van der Waals surface area contributed by atoms with Gasteiger partial charge in [0.1, 0.15) is 11.8 Å². The summed E-state index contributed by atoms with van der Waals surface area (Å²) in [7, 11) is 3.36. The van der Waals surface area contributed by atoms with Gasteiger partial charge in [-0.3, -0.25) is 4.90 Å². The van der Waals surface area contributed by atoms with Crippen molar-refractivity contribution >= 4 is 21.5 Å². The van der Waals surface area contributed by atoms with E-state index in [4.69, 9.17) is 19.5 Å². The van der Waals surface area contributed by atoms with Crippen LogP contribution in [0, 0.1) is 11.3 Å². The van der Waals surface area contributed by atoms with E-state index < -0.39 is 0 Å². The SMILES string of the molecule is COc1cc2c3c(c4ccc(OCC#N)cc4c2cc1OC)CN1CCCCC1C3. The molecule has 1 atom stereocenters. The van der Waals surface area contributed by atoms with Crippen LogP contribution in [0.5, 0.6) is 17.2 Å². The van der Waals surface area contributed by atoms with Gasteiger partial charge in [-0.15, -0.1) is 0 Å². The van der Waals surface area contributed by atoms with Gasteiger partial charge < -0.3 is 14.2 Å². The number of hydrogen-bond donors (Lipinski definition) is 0. The molecule has 5 rings (SSSR count). The Labute approximate surface area is 176 Å². The van der Waals surface area contributed by atoms with Crippen LogP contribution in [-0.2, 0) is 13.0 Å². The van der Waals surface area contributed by atoms with Crippen LogP contribution >= 0.6 is 0 Å². The molecular formula is C25H26N2O3. The van der Waals surface area contributed by atoms with E-state index in [1.54, 1.807) is 14.2 Å². The predicted molar refractivity (Wildman–Crippen MR) is 117 cm³/mol. The molecule has 1 unspecified atom stereocenters. The maximum Gasteiger partial charge on any atom is 0.174 e. The van der Waals surface area contributed by atoms with Crippen molar-refractivity contribution < 1.29 is 14.2 Å². The molecule has 154 valence electrons. The fourth-order valence-corrected chi connectivity index (χ4v) is 5.24. The first-order valence-electron chi connectivity index (χ1n) is 10.6. The smallest absolute Gasteiger partial charge is 0.174 e. The topological polar surface area (TPSA) is 54.7 Å². The van der Waals surface area contributed by atoms with Gasteiger partial charge in [-0.2, -0.15) is 5.26 Å². The van der Waals surface area contributed by atoms with Crippen LogP contribution in [0.3, 0.4) is 0 Å². The molecule has 5 heteroatoms. The van der Waals surface area contributed by atoms with Crippen LogP contribution in [0.2, 0.25) is 0 Å². The van der Waals surface area contributed by atoms with Gasteiger partial charge in [-0.05, 0) is 82.7 Å². The number of ether oxygens (including phenoxy) is 3. The number of benzene rings is 3. The van der Waals surface area contributed by atoms with Gasteiger partial charge in [0.25, 0.3) is 0 Å². The van der Waals surface area contributed by atoms with Crippen molar-refractivity contribution in [2.24, 2.45) is 0 Å². The summed E-state index contributed by atoms with van der Waals surface area (Å²) in [6, 6.07) is 13.1. The molecule has 1 saturated heterocycles. The highest BCUT2D eigenvalue weighted by Gasteiger charge is 2.31. The molecule has 0 aromatic heterocycles. The van der Waals surface area contributed by atoms with E-state index in [1.165, 1.54) is 47.7 Å². The van der Waals surface area contributed by atoms with Crippen molar-refractivity contribution in [1.82, 2.24) is 4.90 Å². The van der Waals surface area contributed by atoms with Crippen molar-refractivity contribution in [2.75, 3.05) is 27.4 Å². The Morgan fingerprint density at radius 2 is 1.73 bits per heavy atom. The molecule has 0 spiro atoms. The molecule has 2 aliphatic heterocycles. The van der Waals surface area contributed by atoms with E-state index in [-0.39, 0.29) is 6.61 Å². The van der Waals surface area contributed by atoms with Crippen molar-refractivity contribution in [3.8, 4) is 23.3 Å². The second kappa shape index (κ2) is 7.70. The Hall–Kier alpha value is -2.97. The zero-order valence-electron chi connectivity index (χ0n) is 17.5. The second-order valence-electron chi connectivity index (χ2n) is 8.19. The lowest BCUT2D eigenvalue weighted by Crippen LogP contribution is -2.43. The van der Waals surface area contributed by atoms with Crippen molar-refractivity contribution in [3.63, 3.8) is 0 Å². The van der Waals surface area contributed by atoms with Gasteiger partial charge in [0.15, 0.2) is 18.1 Å². The molecule has 0 aliphatic carbocycles. The molecule has 0 amide bonds. The molecule has 30 heavy (non-hydrogen) atoms. The van der Waals surface area contributed by atoms with Gasteiger partial charge in [0.2, 0.25) is 0 Å². The van der Waals surface area contributed by atoms with Crippen LogP contribution in [0.25, 0.3) is 21.5 Å². The third-order valence-corrected chi connectivity index (χ3v) is 6.67. The van der Waals surface area contributed by atoms with E-state index in [9.17, 15) is 0 Å². The molecule has 2 heterocycles. The maximum atomic E-state index is 8.90. The summed E-state index contributed by atoms with van der Waals surface area (Å²) in [4.78, 5) is 2.65. The third kappa shape index (κ3) is 3.03. The average Bonchev–Trinajstić information content (AvgIpc) is 2.80. The standard InChI is InChI=1S/C25H26N2O3/c1-28-24-13-21-19-11-16-5-3-4-9-27(16)15-23(19)18-7-6-17(30-10-8-26)12-20(18)22(21)14-25(24)29-2/h6-7,12-14,16H,3-5,9-11,15H2,1-2H3. The van der Waals surface area contributed by atoms with E-state index in [0.717, 1.165) is 35.2 Å². The van der Waals surface area contributed by atoms with Crippen LogP contribution < -0.4 is 14.2 Å². The maximum absolute atomic E-state index is 8.90. The van der Waals surface area contributed by atoms with E-state index >= 15 is 0 Å². The Morgan fingerprint density at radius 1 is 0.967 bits per heavy atom. The lowest BCUT2D eigenvalue weighted by molar-refractivity contribution is 0.128. The molecule has 0 saturated carbocycles. The third-order valence-electron chi connectivity index (χ3n) is 6.67. The molecule has 0 N–H and O–H groups in total. The Balaban J connectivity index is 1.80. The summed E-state index contributed by atoms with van der Waals surface area (Å²) >= 11 is 0. The van der Waals surface area contributed by atoms with Gasteiger partial charge in [0.05, 0.1) is 14.2 Å². The zero-order chi connectivity index (χ0) is 20.7. The highest BCUT2D eigenvalue weighted by molar-refractivity contribution is 6.12. The molecular weight excluding hydrogens is 376 g/mol. The van der Waals surface area contributed by atoms with Crippen LogP contribution in [0.15, 0.2) is 30.3 Å². The summed E-state index contributed by atoms with van der Waals surface area (Å²) in [6.45, 7) is 2.21. The number of piperidine rings is 1. The zero-order valence-corrected chi connectivity index (χ0v) is 17.5. The fraction of sp³-hybridized carbons (Fsp3) is 0.400. The van der Waals surface area contributed by atoms with Crippen molar-refractivity contribution in [3.05, 3.63) is 41.5 Å². The minimum absolute atomic E-state index is 0.0426. The summed E-state index contributed by atoms with van der Waals surface area (Å²) in [5.41, 5.74) is 2.85. The minimum Gasteiger partial charge on any atom is -0.493 e. The van der Waals surface area contributed by atoms with Gasteiger partial charge in [0, 0.05) is 12.6 Å². The fourth-order valence-electron chi connectivity index (χ4n) is 5.24. The highest BCUT2D eigenvalue weighted by atomic mass is 16.5. The molecule has 5 nitrogen and oxygen atoms in total. The highest BCUT2D eigenvalue weighted by Crippen LogP contribution is 2.44. The van der Waals surface area contributed by atoms with Crippen LogP contribution in [0.4, 0.5) is 0 Å². The number of hydrogen-bond acceptors (Lipinski definition) is 5. The monoisotopic (exact) mass is 402 g/mol. The summed E-state index contributed by atoms with van der Waals surface area (Å²) in [6.07, 6.45) is 4.95. The molecule has 3 aromatic rings. The predicted octanol–water partition coefficient (Wildman–Crippen LogP) is 4.82. The number of fused-ring (bicyclic) bond motifs is 7. The Kier molecular flexibility index (Phi) is 4.88. The van der Waals surface area contributed by atoms with Crippen LogP contribution in [0.1, 0.15) is 30.4 Å². The number of nitriles is 1. The number of methoxy groups -OCH3 is 2. The second-order valence-corrected chi connectivity index (χ2v) is 8.19. The van der Waals surface area contributed by atoms with Crippen molar-refractivity contribution in [2.45, 2.75) is 38.3 Å². The summed E-state index contributed by atoms with van der Waals surface area (Å²) in [5.74, 6) is 2.20. The number of rotatable bonds is 4.